The maximum absolute atomic E-state index is 4.97. The van der Waals surface area contributed by atoms with Gasteiger partial charge >= 0.3 is 0 Å². The minimum atomic E-state index is 0.134. The van der Waals surface area contributed by atoms with E-state index < -0.39 is 0 Å². The summed E-state index contributed by atoms with van der Waals surface area (Å²) in [5.41, 5.74) is 1.66. The first kappa shape index (κ1) is 8.70. The third-order valence-corrected chi connectivity index (χ3v) is 1.71. The maximum Gasteiger partial charge on any atom is 0.108 e. The Morgan fingerprint density at radius 2 is 2.17 bits per heavy atom. The molecule has 1 heterocycles. The van der Waals surface area contributed by atoms with E-state index in [1.807, 2.05) is 20.8 Å². The van der Waals surface area contributed by atoms with Crippen LogP contribution in [0.15, 0.2) is 26.7 Å². The van der Waals surface area contributed by atoms with E-state index >= 15 is 0 Å². The SMILES string of the molecule is CC1=NC(C)=C(N=NN)C(C)N1. The number of allylic oxidation sites excluding steroid dienone is 1. The van der Waals surface area contributed by atoms with Crippen LogP contribution in [-0.4, -0.2) is 11.9 Å². The molecule has 5 nitrogen and oxygen atoms in total. The van der Waals surface area contributed by atoms with Gasteiger partial charge in [0.15, 0.2) is 0 Å². The minimum absolute atomic E-state index is 0.134. The summed E-state index contributed by atoms with van der Waals surface area (Å²) in [6.07, 6.45) is 0. The highest BCUT2D eigenvalue weighted by Crippen LogP contribution is 2.15. The molecule has 12 heavy (non-hydrogen) atoms. The molecular weight excluding hydrogens is 154 g/mol. The molecule has 66 valence electrons. The Bertz CT molecular complexity index is 263. The lowest BCUT2D eigenvalue weighted by Crippen LogP contribution is -2.35. The van der Waals surface area contributed by atoms with Crippen molar-refractivity contribution in [1.82, 2.24) is 5.32 Å². The number of hydrogen-bond donors (Lipinski definition) is 2. The number of nitrogens with zero attached hydrogens (tertiary/aromatic N) is 3. The van der Waals surface area contributed by atoms with Crippen molar-refractivity contribution in [2.24, 2.45) is 21.2 Å². The van der Waals surface area contributed by atoms with Crippen LogP contribution in [0.5, 0.6) is 0 Å². The number of nitrogens with two attached hydrogens (primary N) is 1. The molecule has 0 spiro atoms. The van der Waals surface area contributed by atoms with E-state index in [-0.39, 0.29) is 6.04 Å². The van der Waals surface area contributed by atoms with Crippen LogP contribution in [0.3, 0.4) is 0 Å². The smallest absolute Gasteiger partial charge is 0.108 e. The third kappa shape index (κ3) is 1.61. The summed E-state index contributed by atoms with van der Waals surface area (Å²) < 4.78 is 0. The Balaban J connectivity index is 2.99. The van der Waals surface area contributed by atoms with E-state index in [4.69, 9.17) is 5.84 Å². The molecule has 0 bridgehead atoms. The molecule has 0 aromatic heterocycles. The summed E-state index contributed by atoms with van der Waals surface area (Å²) in [6, 6.07) is 0.134. The highest BCUT2D eigenvalue weighted by atomic mass is 15.3. The van der Waals surface area contributed by atoms with Gasteiger partial charge in [0.2, 0.25) is 0 Å². The Labute approximate surface area is 71.4 Å². The van der Waals surface area contributed by atoms with Crippen LogP contribution in [-0.2, 0) is 0 Å². The molecule has 0 saturated heterocycles. The molecule has 0 aromatic rings. The van der Waals surface area contributed by atoms with Gasteiger partial charge < -0.3 is 11.2 Å². The predicted octanol–water partition coefficient (Wildman–Crippen LogP) is 0.954. The topological polar surface area (TPSA) is 75.1 Å². The molecule has 1 aliphatic rings. The molecule has 5 heteroatoms. The van der Waals surface area contributed by atoms with Crippen LogP contribution < -0.4 is 11.2 Å². The quantitative estimate of drug-likeness (QED) is 0.346. The molecule has 3 N–H and O–H groups in total. The Kier molecular flexibility index (Phi) is 2.42. The summed E-state index contributed by atoms with van der Waals surface area (Å²) in [5, 5.41) is 10.2. The molecule has 1 unspecified atom stereocenters. The highest BCUT2D eigenvalue weighted by Gasteiger charge is 2.16. The standard InChI is InChI=1S/C7H13N5/c1-4-7(11-12-8)5(2)10-6(3)9-4/h4H,1-3H3,(H2,8,11)(H,9,10). The number of rotatable bonds is 1. The van der Waals surface area contributed by atoms with Crippen molar-refractivity contribution >= 4 is 5.84 Å². The van der Waals surface area contributed by atoms with Gasteiger partial charge in [-0.05, 0) is 20.8 Å². The van der Waals surface area contributed by atoms with Gasteiger partial charge in [0, 0.05) is 0 Å². The number of nitrogens with one attached hydrogen (secondary N) is 1. The molecule has 1 atom stereocenters. The minimum Gasteiger partial charge on any atom is -0.366 e. The molecule has 0 radical (unpaired) electrons. The lowest BCUT2D eigenvalue weighted by Gasteiger charge is -2.20. The van der Waals surface area contributed by atoms with Crippen molar-refractivity contribution < 1.29 is 0 Å². The molecule has 0 aromatic carbocycles. The van der Waals surface area contributed by atoms with Crippen LogP contribution in [0.1, 0.15) is 20.8 Å². The molecule has 1 rings (SSSR count). The van der Waals surface area contributed by atoms with Gasteiger partial charge in [-0.15, -0.1) is 5.11 Å². The van der Waals surface area contributed by atoms with Crippen molar-refractivity contribution in [2.45, 2.75) is 26.8 Å². The normalized spacial score (nSPS) is 24.2. The van der Waals surface area contributed by atoms with Crippen LogP contribution >= 0.6 is 0 Å². The van der Waals surface area contributed by atoms with Gasteiger partial charge in [-0.2, -0.15) is 0 Å². The van der Waals surface area contributed by atoms with Crippen molar-refractivity contribution in [3.63, 3.8) is 0 Å². The van der Waals surface area contributed by atoms with E-state index in [0.717, 1.165) is 17.2 Å². The summed E-state index contributed by atoms with van der Waals surface area (Å²) in [7, 11) is 0. The first-order valence-electron chi connectivity index (χ1n) is 3.78. The second-order valence-corrected chi connectivity index (χ2v) is 2.75. The lowest BCUT2D eigenvalue weighted by atomic mass is 10.2. The van der Waals surface area contributed by atoms with Gasteiger partial charge in [-0.1, -0.05) is 5.22 Å². The van der Waals surface area contributed by atoms with Crippen molar-refractivity contribution in [2.75, 3.05) is 0 Å². The molecule has 0 amide bonds. The van der Waals surface area contributed by atoms with Crippen molar-refractivity contribution in [1.29, 1.82) is 0 Å². The average molecular weight is 167 g/mol. The van der Waals surface area contributed by atoms with Crippen LogP contribution in [0.25, 0.3) is 0 Å². The second-order valence-electron chi connectivity index (χ2n) is 2.75. The largest absolute Gasteiger partial charge is 0.366 e. The zero-order valence-corrected chi connectivity index (χ0v) is 7.50. The fourth-order valence-corrected chi connectivity index (χ4v) is 1.26. The first-order valence-corrected chi connectivity index (χ1v) is 3.78. The van der Waals surface area contributed by atoms with Crippen molar-refractivity contribution in [3.8, 4) is 0 Å². The van der Waals surface area contributed by atoms with Gasteiger partial charge in [-0.3, -0.25) is 0 Å². The van der Waals surface area contributed by atoms with E-state index in [2.05, 4.69) is 20.6 Å². The summed E-state index contributed by atoms with van der Waals surface area (Å²) >= 11 is 0. The van der Waals surface area contributed by atoms with Crippen molar-refractivity contribution in [3.05, 3.63) is 11.4 Å². The van der Waals surface area contributed by atoms with Crippen LogP contribution in [0.4, 0.5) is 0 Å². The zero-order valence-electron chi connectivity index (χ0n) is 7.50. The van der Waals surface area contributed by atoms with Gasteiger partial charge in [-0.25, -0.2) is 4.99 Å². The Hall–Kier alpha value is -1.39. The van der Waals surface area contributed by atoms with Gasteiger partial charge in [0.05, 0.1) is 17.6 Å². The van der Waals surface area contributed by atoms with Crippen LogP contribution in [0, 0.1) is 0 Å². The fourth-order valence-electron chi connectivity index (χ4n) is 1.26. The number of aliphatic imine (C=N–C) groups is 1. The number of amidine groups is 1. The average Bonchev–Trinajstić information content (AvgIpc) is 1.96. The monoisotopic (exact) mass is 167 g/mol. The summed E-state index contributed by atoms with van der Waals surface area (Å²) in [6.45, 7) is 5.80. The maximum atomic E-state index is 4.97. The van der Waals surface area contributed by atoms with Gasteiger partial charge in [0.1, 0.15) is 5.70 Å². The second kappa shape index (κ2) is 3.34. The molecule has 0 fully saturated rings. The fraction of sp³-hybridized carbons (Fsp3) is 0.571. The van der Waals surface area contributed by atoms with Gasteiger partial charge in [0.25, 0.3) is 0 Å². The summed E-state index contributed by atoms with van der Waals surface area (Å²) in [4.78, 5) is 4.21. The van der Waals surface area contributed by atoms with Crippen LogP contribution in [0.2, 0.25) is 0 Å². The molecule has 0 saturated carbocycles. The molecule has 0 aliphatic carbocycles. The van der Waals surface area contributed by atoms with E-state index in [1.165, 1.54) is 0 Å². The highest BCUT2D eigenvalue weighted by molar-refractivity contribution is 5.82. The predicted molar refractivity (Wildman–Crippen MR) is 47.5 cm³/mol. The molecule has 1 aliphatic heterocycles. The Morgan fingerprint density at radius 1 is 1.50 bits per heavy atom. The zero-order chi connectivity index (χ0) is 9.14. The third-order valence-electron chi connectivity index (χ3n) is 1.71. The van der Waals surface area contributed by atoms with E-state index in [9.17, 15) is 0 Å². The van der Waals surface area contributed by atoms with E-state index in [0.29, 0.717) is 0 Å². The Morgan fingerprint density at radius 3 is 2.67 bits per heavy atom. The van der Waals surface area contributed by atoms with E-state index in [1.54, 1.807) is 0 Å². The summed E-state index contributed by atoms with van der Waals surface area (Å²) in [5.74, 6) is 5.87. The first-order chi connectivity index (χ1) is 5.65. The molecular formula is C7H13N5. The number of hydrogen-bond acceptors (Lipinski definition) is 4. The lowest BCUT2D eigenvalue weighted by molar-refractivity contribution is 0.698.